The van der Waals surface area contributed by atoms with Crippen LogP contribution in [-0.4, -0.2) is 4.92 Å². The first kappa shape index (κ1) is 24.2. The van der Waals surface area contributed by atoms with Crippen molar-refractivity contribution in [1.82, 2.24) is 0 Å². The molecule has 0 bridgehead atoms. The molecule has 0 atom stereocenters. The molecule has 0 amide bonds. The van der Waals surface area contributed by atoms with Crippen molar-refractivity contribution < 1.29 is 4.92 Å². The van der Waals surface area contributed by atoms with Crippen molar-refractivity contribution in [3.8, 4) is 0 Å². The molecule has 0 saturated carbocycles. The van der Waals surface area contributed by atoms with E-state index in [0.717, 1.165) is 27.2 Å². The summed E-state index contributed by atoms with van der Waals surface area (Å²) >= 11 is 0. The monoisotopic (exact) mass is 500 g/mol. The molecule has 5 aromatic carbocycles. The van der Waals surface area contributed by atoms with Crippen molar-refractivity contribution in [1.29, 1.82) is 0 Å². The SMILES string of the molecule is O=[N+]([O-])c1ccccc1/C=C/c1ccccc1N=P(c1ccccc1)(c1ccccc1)c1ccccc1. The van der Waals surface area contributed by atoms with E-state index < -0.39 is 7.05 Å². The van der Waals surface area contributed by atoms with Crippen LogP contribution in [0.2, 0.25) is 0 Å². The summed E-state index contributed by atoms with van der Waals surface area (Å²) in [6.07, 6.45) is 3.71. The first-order chi connectivity index (χ1) is 18.2. The van der Waals surface area contributed by atoms with E-state index in [1.165, 1.54) is 6.07 Å². The van der Waals surface area contributed by atoms with Gasteiger partial charge in [0.05, 0.1) is 23.2 Å². The summed E-state index contributed by atoms with van der Waals surface area (Å²) < 4.78 is 5.60. The molecule has 0 aliphatic carbocycles. The van der Waals surface area contributed by atoms with Gasteiger partial charge in [0, 0.05) is 27.5 Å². The normalized spacial score (nSPS) is 11.4. The molecular formula is C32H25N2O2P. The number of benzene rings is 5. The molecule has 0 saturated heterocycles. The second kappa shape index (κ2) is 11.0. The average Bonchev–Trinajstić information content (AvgIpc) is 2.97. The number of para-hydroxylation sites is 1. The lowest BCUT2D eigenvalue weighted by atomic mass is 10.1. The van der Waals surface area contributed by atoms with Crippen LogP contribution >= 0.6 is 7.05 Å². The Bertz CT molecular complexity index is 1490. The smallest absolute Gasteiger partial charge is 0.258 e. The number of rotatable bonds is 7. The molecule has 4 nitrogen and oxygen atoms in total. The van der Waals surface area contributed by atoms with Gasteiger partial charge in [0.1, 0.15) is 0 Å². The van der Waals surface area contributed by atoms with Gasteiger partial charge >= 0.3 is 0 Å². The number of hydrogen-bond acceptors (Lipinski definition) is 3. The Kier molecular flexibility index (Phi) is 7.21. The van der Waals surface area contributed by atoms with Gasteiger partial charge in [-0.3, -0.25) is 14.9 Å². The minimum Gasteiger partial charge on any atom is -0.258 e. The van der Waals surface area contributed by atoms with Crippen molar-refractivity contribution in [2.24, 2.45) is 4.74 Å². The lowest BCUT2D eigenvalue weighted by molar-refractivity contribution is -0.385. The highest BCUT2D eigenvalue weighted by Gasteiger charge is 2.27. The van der Waals surface area contributed by atoms with Crippen LogP contribution in [-0.2, 0) is 0 Å². The molecule has 180 valence electrons. The van der Waals surface area contributed by atoms with E-state index in [-0.39, 0.29) is 10.6 Å². The molecule has 0 radical (unpaired) electrons. The van der Waals surface area contributed by atoms with Gasteiger partial charge < -0.3 is 0 Å². The summed E-state index contributed by atoms with van der Waals surface area (Å²) in [6.45, 7) is 0. The molecule has 5 rings (SSSR count). The third kappa shape index (κ3) is 5.06. The molecule has 0 fully saturated rings. The molecule has 0 aliphatic heterocycles. The first-order valence-electron chi connectivity index (χ1n) is 12.0. The maximum atomic E-state index is 11.5. The second-order valence-electron chi connectivity index (χ2n) is 8.45. The Hall–Kier alpha value is -4.53. The Labute approximate surface area is 216 Å². The van der Waals surface area contributed by atoms with Crippen LogP contribution < -0.4 is 15.9 Å². The minimum absolute atomic E-state index is 0.0767. The summed E-state index contributed by atoms with van der Waals surface area (Å²) in [5.41, 5.74) is 2.36. The van der Waals surface area contributed by atoms with Gasteiger partial charge in [0.2, 0.25) is 0 Å². The number of nitrogens with zero attached hydrogens (tertiary/aromatic N) is 2. The van der Waals surface area contributed by atoms with Crippen LogP contribution in [0, 0.1) is 10.1 Å². The maximum Gasteiger partial charge on any atom is 0.276 e. The van der Waals surface area contributed by atoms with Crippen LogP contribution in [0.3, 0.4) is 0 Å². The van der Waals surface area contributed by atoms with Crippen LogP contribution in [0.25, 0.3) is 12.2 Å². The topological polar surface area (TPSA) is 55.5 Å². The summed E-state index contributed by atoms with van der Waals surface area (Å²) in [5.74, 6) is 0. The lowest BCUT2D eigenvalue weighted by Gasteiger charge is -2.27. The highest BCUT2D eigenvalue weighted by molar-refractivity contribution is 7.87. The summed E-state index contributed by atoms with van der Waals surface area (Å²) in [4.78, 5) is 11.2. The maximum absolute atomic E-state index is 11.5. The average molecular weight is 501 g/mol. The first-order valence-corrected chi connectivity index (χ1v) is 13.7. The zero-order chi connectivity index (χ0) is 25.5. The van der Waals surface area contributed by atoms with Crippen molar-refractivity contribution in [2.75, 3.05) is 0 Å². The van der Waals surface area contributed by atoms with Crippen molar-refractivity contribution in [3.05, 3.63) is 161 Å². The van der Waals surface area contributed by atoms with E-state index in [9.17, 15) is 10.1 Å². The number of nitro groups is 1. The third-order valence-electron chi connectivity index (χ3n) is 6.16. The summed E-state index contributed by atoms with van der Waals surface area (Å²) in [7, 11) is -2.44. The molecule has 37 heavy (non-hydrogen) atoms. The Morgan fingerprint density at radius 3 is 1.46 bits per heavy atom. The lowest BCUT2D eigenvalue weighted by Crippen LogP contribution is -2.25. The van der Waals surface area contributed by atoms with Gasteiger partial charge in [0.15, 0.2) is 0 Å². The fourth-order valence-corrected chi connectivity index (χ4v) is 7.96. The minimum atomic E-state index is -2.44. The number of nitro benzene ring substituents is 1. The van der Waals surface area contributed by atoms with E-state index in [1.54, 1.807) is 24.3 Å². The van der Waals surface area contributed by atoms with Gasteiger partial charge in [-0.15, -0.1) is 0 Å². The van der Waals surface area contributed by atoms with Crippen molar-refractivity contribution in [3.63, 3.8) is 0 Å². The van der Waals surface area contributed by atoms with Crippen LogP contribution in [0.4, 0.5) is 11.4 Å². The molecule has 0 aliphatic rings. The number of hydrogen-bond donors (Lipinski definition) is 0. The van der Waals surface area contributed by atoms with E-state index in [1.807, 2.05) is 48.5 Å². The standard InChI is InChI=1S/C32H25N2O2P/c35-34(36)32-23-13-11-15-27(32)25-24-26-14-10-12-22-31(26)33-37(28-16-4-1-5-17-28,29-18-6-2-7-19-29)30-20-8-3-9-21-30/h1-25H/b25-24+. The summed E-state index contributed by atoms with van der Waals surface area (Å²) in [5, 5.41) is 15.0. The fourth-order valence-electron chi connectivity index (χ4n) is 4.41. The molecule has 0 heterocycles. The van der Waals surface area contributed by atoms with Crippen LogP contribution in [0.5, 0.6) is 0 Å². The predicted octanol–water partition coefficient (Wildman–Crippen LogP) is 7.57. The summed E-state index contributed by atoms with van der Waals surface area (Å²) in [6, 6.07) is 46.1. The molecule has 0 spiro atoms. The zero-order valence-corrected chi connectivity index (χ0v) is 21.0. The molecule has 0 N–H and O–H groups in total. The van der Waals surface area contributed by atoms with Crippen LogP contribution in [0.15, 0.2) is 144 Å². The molecule has 0 unspecified atom stereocenters. The predicted molar refractivity (Wildman–Crippen MR) is 156 cm³/mol. The molecular weight excluding hydrogens is 475 g/mol. The Balaban J connectivity index is 1.77. The van der Waals surface area contributed by atoms with E-state index in [4.69, 9.17) is 4.74 Å². The third-order valence-corrected chi connectivity index (χ3v) is 9.81. The van der Waals surface area contributed by atoms with Crippen molar-refractivity contribution in [2.45, 2.75) is 0 Å². The largest absolute Gasteiger partial charge is 0.276 e. The Morgan fingerprint density at radius 2 is 0.946 bits per heavy atom. The highest BCUT2D eigenvalue weighted by Crippen LogP contribution is 2.49. The Morgan fingerprint density at radius 1 is 0.541 bits per heavy atom. The van der Waals surface area contributed by atoms with E-state index >= 15 is 0 Å². The second-order valence-corrected chi connectivity index (χ2v) is 11.5. The van der Waals surface area contributed by atoms with Gasteiger partial charge in [-0.2, -0.15) is 0 Å². The quantitative estimate of drug-likeness (QED) is 0.100. The fraction of sp³-hybridized carbons (Fsp3) is 0. The van der Waals surface area contributed by atoms with Gasteiger partial charge in [-0.05, 0) is 18.2 Å². The molecule has 5 heteroatoms. The van der Waals surface area contributed by atoms with E-state index in [2.05, 4.69) is 72.8 Å². The molecule has 0 aromatic heterocycles. The zero-order valence-electron chi connectivity index (χ0n) is 20.1. The van der Waals surface area contributed by atoms with E-state index in [0.29, 0.717) is 5.56 Å². The van der Waals surface area contributed by atoms with Gasteiger partial charge in [-0.1, -0.05) is 127 Å². The van der Waals surface area contributed by atoms with Gasteiger partial charge in [0.25, 0.3) is 5.69 Å². The van der Waals surface area contributed by atoms with Crippen molar-refractivity contribution >= 4 is 46.5 Å². The van der Waals surface area contributed by atoms with Gasteiger partial charge in [-0.25, -0.2) is 0 Å². The van der Waals surface area contributed by atoms with Crippen LogP contribution in [0.1, 0.15) is 11.1 Å². The highest BCUT2D eigenvalue weighted by atomic mass is 31.2. The molecule has 5 aromatic rings.